The lowest BCUT2D eigenvalue weighted by Crippen LogP contribution is -2.56. The number of hydrogen-bond donors (Lipinski definition) is 0. The molecule has 2 atom stereocenters. The minimum atomic E-state index is -2.35. The van der Waals surface area contributed by atoms with Crippen molar-refractivity contribution in [3.63, 3.8) is 0 Å². The van der Waals surface area contributed by atoms with Gasteiger partial charge in [0, 0.05) is 17.4 Å². The van der Waals surface area contributed by atoms with Crippen molar-refractivity contribution in [2.24, 2.45) is 16.7 Å². The number of halogens is 2. The maximum atomic E-state index is 12.6. The lowest BCUT2D eigenvalue weighted by Gasteiger charge is -2.53. The van der Waals surface area contributed by atoms with Crippen molar-refractivity contribution in [3.8, 4) is 6.07 Å². The minimum absolute atomic E-state index is 0.0912. The molecule has 0 radical (unpaired) electrons. The van der Waals surface area contributed by atoms with E-state index in [-0.39, 0.29) is 23.8 Å². The summed E-state index contributed by atoms with van der Waals surface area (Å²) in [7, 11) is 0. The van der Waals surface area contributed by atoms with Gasteiger partial charge in [-0.2, -0.15) is 5.26 Å². The van der Waals surface area contributed by atoms with E-state index >= 15 is 0 Å². The van der Waals surface area contributed by atoms with Gasteiger partial charge in [0.1, 0.15) is 6.07 Å². The van der Waals surface area contributed by atoms with E-state index in [9.17, 15) is 13.6 Å². The number of likely N-dealkylation sites (tertiary alicyclic amines) is 1. The molecule has 0 N–H and O–H groups in total. The van der Waals surface area contributed by atoms with E-state index < -0.39 is 17.3 Å². The van der Waals surface area contributed by atoms with Crippen LogP contribution in [-0.2, 0) is 4.79 Å². The maximum absolute atomic E-state index is 12.6. The summed E-state index contributed by atoms with van der Waals surface area (Å²) in [6.07, 6.45) is 0.0628. The summed E-state index contributed by atoms with van der Waals surface area (Å²) in [4.78, 5) is 14.0. The first kappa shape index (κ1) is 15.1. The van der Waals surface area contributed by atoms with Gasteiger partial charge in [-0.25, -0.2) is 8.78 Å². The molecule has 1 saturated heterocycles. The van der Waals surface area contributed by atoms with Gasteiger partial charge in [-0.1, -0.05) is 26.8 Å². The number of hydrogen-bond acceptors (Lipinski definition) is 3. The second kappa shape index (κ2) is 4.92. The third kappa shape index (κ3) is 2.37. The van der Waals surface area contributed by atoms with Crippen molar-refractivity contribution in [2.75, 3.05) is 19.6 Å². The summed E-state index contributed by atoms with van der Waals surface area (Å²) < 4.78 is 25.1. The van der Waals surface area contributed by atoms with Crippen LogP contribution < -0.4 is 0 Å². The van der Waals surface area contributed by atoms with Gasteiger partial charge in [0.05, 0.1) is 12.1 Å². The van der Waals surface area contributed by atoms with E-state index in [1.807, 2.05) is 26.8 Å². The number of ketones is 1. The molecular formula is C15H20F2N2O. The highest BCUT2D eigenvalue weighted by molar-refractivity contribution is 6.04. The molecule has 0 aromatic carbocycles. The van der Waals surface area contributed by atoms with Crippen LogP contribution in [0, 0.1) is 28.1 Å². The van der Waals surface area contributed by atoms with Gasteiger partial charge in [-0.05, 0) is 18.9 Å². The lowest BCUT2D eigenvalue weighted by atomic mass is 9.55. The first-order valence-electron chi connectivity index (χ1n) is 6.89. The quantitative estimate of drug-likeness (QED) is 0.782. The summed E-state index contributed by atoms with van der Waals surface area (Å²) >= 11 is 0. The molecular weight excluding hydrogens is 262 g/mol. The van der Waals surface area contributed by atoms with E-state index in [2.05, 4.69) is 0 Å². The Morgan fingerprint density at radius 1 is 1.50 bits per heavy atom. The van der Waals surface area contributed by atoms with Crippen LogP contribution in [0.5, 0.6) is 0 Å². The van der Waals surface area contributed by atoms with Gasteiger partial charge in [0.25, 0.3) is 6.43 Å². The summed E-state index contributed by atoms with van der Waals surface area (Å²) in [6, 6.07) is 1.97. The Bertz CT molecular complexity index is 493. The predicted molar refractivity (Wildman–Crippen MR) is 71.1 cm³/mol. The maximum Gasteiger partial charge on any atom is 0.251 e. The van der Waals surface area contributed by atoms with Crippen molar-refractivity contribution in [2.45, 2.75) is 33.6 Å². The number of carbonyl (C=O) groups excluding carboxylic acids is 1. The van der Waals surface area contributed by atoms with Gasteiger partial charge in [0.2, 0.25) is 0 Å². The van der Waals surface area contributed by atoms with Crippen molar-refractivity contribution in [1.82, 2.24) is 4.90 Å². The molecule has 1 unspecified atom stereocenters. The number of fused-ring (bicyclic) bond motifs is 1. The smallest absolute Gasteiger partial charge is 0.251 e. The van der Waals surface area contributed by atoms with Crippen LogP contribution in [0.3, 0.4) is 0 Å². The number of allylic oxidation sites excluding steroid dienone is 1. The number of carbonyl (C=O) groups is 1. The van der Waals surface area contributed by atoms with E-state index in [0.717, 1.165) is 0 Å². The molecule has 0 amide bonds. The summed E-state index contributed by atoms with van der Waals surface area (Å²) in [6.45, 7) is 6.52. The highest BCUT2D eigenvalue weighted by Gasteiger charge is 2.53. The number of rotatable bonds is 2. The predicted octanol–water partition coefficient (Wildman–Crippen LogP) is 2.64. The van der Waals surface area contributed by atoms with E-state index in [0.29, 0.717) is 19.5 Å². The zero-order valence-corrected chi connectivity index (χ0v) is 12.1. The van der Waals surface area contributed by atoms with E-state index in [1.165, 1.54) is 0 Å². The second-order valence-electron chi connectivity index (χ2n) is 6.69. The number of alkyl halides is 2. The Morgan fingerprint density at radius 3 is 2.70 bits per heavy atom. The molecule has 110 valence electrons. The Morgan fingerprint density at radius 2 is 2.15 bits per heavy atom. The van der Waals surface area contributed by atoms with Crippen LogP contribution in [0.2, 0.25) is 0 Å². The van der Waals surface area contributed by atoms with E-state index in [4.69, 9.17) is 5.26 Å². The summed E-state index contributed by atoms with van der Waals surface area (Å²) in [5.41, 5.74) is -0.825. The average Bonchev–Trinajstić information content (AvgIpc) is 2.32. The van der Waals surface area contributed by atoms with Gasteiger partial charge in [0.15, 0.2) is 5.78 Å². The number of piperidine rings is 1. The molecule has 3 nitrogen and oxygen atoms in total. The van der Waals surface area contributed by atoms with Crippen molar-refractivity contribution in [3.05, 3.63) is 11.6 Å². The molecule has 0 aromatic rings. The highest BCUT2D eigenvalue weighted by Crippen LogP contribution is 2.51. The standard InChI is InChI=1S/C15H20F2N2O/c1-14(2)11-4-5-19(8-12(16)17)9-15(11,3)6-10(7-18)13(14)20/h6,11-12H,4-5,8-9H2,1-3H3/t11?,15-/m1/s1. The van der Waals surface area contributed by atoms with Crippen LogP contribution in [0.15, 0.2) is 11.6 Å². The van der Waals surface area contributed by atoms with Gasteiger partial charge < -0.3 is 0 Å². The third-order valence-electron chi connectivity index (χ3n) is 4.79. The molecule has 0 spiro atoms. The fourth-order valence-corrected chi connectivity index (χ4v) is 3.98. The van der Waals surface area contributed by atoms with Crippen molar-refractivity contribution in [1.29, 1.82) is 5.26 Å². The normalized spacial score (nSPS) is 33.5. The lowest BCUT2D eigenvalue weighted by molar-refractivity contribution is -0.132. The zero-order chi connectivity index (χ0) is 15.1. The van der Waals surface area contributed by atoms with Crippen LogP contribution in [0.25, 0.3) is 0 Å². The first-order valence-corrected chi connectivity index (χ1v) is 6.89. The molecule has 5 heteroatoms. The fourth-order valence-electron chi connectivity index (χ4n) is 3.98. The van der Waals surface area contributed by atoms with Gasteiger partial charge >= 0.3 is 0 Å². The Balaban J connectivity index is 2.35. The molecule has 1 aliphatic carbocycles. The highest BCUT2D eigenvalue weighted by atomic mass is 19.3. The molecule has 0 aromatic heterocycles. The average molecular weight is 282 g/mol. The monoisotopic (exact) mass is 282 g/mol. The zero-order valence-electron chi connectivity index (χ0n) is 12.1. The van der Waals surface area contributed by atoms with Crippen LogP contribution in [-0.4, -0.2) is 36.7 Å². The molecule has 0 saturated carbocycles. The van der Waals surface area contributed by atoms with Crippen molar-refractivity contribution >= 4 is 5.78 Å². The topological polar surface area (TPSA) is 44.1 Å². The SMILES string of the molecule is CC1(C)C(=O)C(C#N)=C[C@]2(C)CN(CC(F)F)CCC12. The second-order valence-corrected chi connectivity index (χ2v) is 6.69. The molecule has 20 heavy (non-hydrogen) atoms. The minimum Gasteiger partial charge on any atom is -0.297 e. The first-order chi connectivity index (χ1) is 9.20. The Labute approximate surface area is 118 Å². The number of nitriles is 1. The summed E-state index contributed by atoms with van der Waals surface area (Å²) in [5.74, 6) is -0.0293. The number of nitrogens with zero attached hydrogens (tertiary/aromatic N) is 2. The summed E-state index contributed by atoms with van der Waals surface area (Å²) in [5, 5.41) is 9.14. The molecule has 1 fully saturated rings. The molecule has 2 aliphatic rings. The fraction of sp³-hybridized carbons (Fsp3) is 0.733. The largest absolute Gasteiger partial charge is 0.297 e. The third-order valence-corrected chi connectivity index (χ3v) is 4.79. The van der Waals surface area contributed by atoms with Crippen molar-refractivity contribution < 1.29 is 13.6 Å². The molecule has 1 heterocycles. The van der Waals surface area contributed by atoms with Gasteiger partial charge in [-0.15, -0.1) is 0 Å². The molecule has 0 bridgehead atoms. The number of Topliss-reactive ketones (excluding diaryl/α,β-unsaturated/α-hetero) is 1. The molecule has 1 aliphatic heterocycles. The van der Waals surface area contributed by atoms with Crippen LogP contribution in [0.1, 0.15) is 27.2 Å². The van der Waals surface area contributed by atoms with Crippen LogP contribution in [0.4, 0.5) is 8.78 Å². The van der Waals surface area contributed by atoms with E-state index in [1.54, 1.807) is 11.0 Å². The Kier molecular flexibility index (Phi) is 3.72. The molecule has 2 rings (SSSR count). The van der Waals surface area contributed by atoms with Gasteiger partial charge in [-0.3, -0.25) is 9.69 Å². The Hall–Kier alpha value is -1.28. The van der Waals surface area contributed by atoms with Crippen LogP contribution >= 0.6 is 0 Å².